The summed E-state index contributed by atoms with van der Waals surface area (Å²) in [7, 11) is 0. The van der Waals surface area contributed by atoms with Crippen LogP contribution in [0, 0.1) is 18.8 Å². The predicted octanol–water partition coefficient (Wildman–Crippen LogP) is 2.86. The van der Waals surface area contributed by atoms with Gasteiger partial charge in [0.2, 0.25) is 5.78 Å². The molecule has 0 unspecified atom stereocenters. The minimum atomic E-state index is -0.247. The molecule has 1 aromatic carbocycles. The van der Waals surface area contributed by atoms with E-state index in [0.29, 0.717) is 11.5 Å². The van der Waals surface area contributed by atoms with Crippen LogP contribution in [0.5, 0.6) is 0 Å². The zero-order valence-corrected chi connectivity index (χ0v) is 11.6. The predicted molar refractivity (Wildman–Crippen MR) is 75.6 cm³/mol. The first kappa shape index (κ1) is 12.9. The summed E-state index contributed by atoms with van der Waals surface area (Å²) in [6.07, 6.45) is 0.874. The molecule has 1 heterocycles. The topological polar surface area (TPSA) is 59.2 Å². The third-order valence-corrected chi connectivity index (χ3v) is 3.93. The maximum atomic E-state index is 12.3. The Morgan fingerprint density at radius 1 is 1.35 bits per heavy atom. The van der Waals surface area contributed by atoms with E-state index < -0.39 is 0 Å². The summed E-state index contributed by atoms with van der Waals surface area (Å²) in [5.74, 6) is -0.00996. The second-order valence-corrected chi connectivity index (χ2v) is 5.52. The van der Waals surface area contributed by atoms with Crippen molar-refractivity contribution in [2.45, 2.75) is 20.3 Å². The highest BCUT2D eigenvalue weighted by Gasteiger charge is 2.40. The first-order valence-electron chi connectivity index (χ1n) is 6.85. The summed E-state index contributed by atoms with van der Waals surface area (Å²) in [5, 5.41) is 0.880. The molecule has 1 fully saturated rings. The van der Waals surface area contributed by atoms with Crippen LogP contribution in [-0.4, -0.2) is 23.3 Å². The number of benzene rings is 1. The van der Waals surface area contributed by atoms with E-state index in [-0.39, 0.29) is 24.3 Å². The number of carbonyl (C=O) groups is 2. The fourth-order valence-corrected chi connectivity index (χ4v) is 2.60. The van der Waals surface area contributed by atoms with Gasteiger partial charge in [0, 0.05) is 22.2 Å². The van der Waals surface area contributed by atoms with Gasteiger partial charge >= 0.3 is 5.97 Å². The Morgan fingerprint density at radius 2 is 2.05 bits per heavy atom. The standard InChI is InChI=1S/C16H17NO3/c1-9-7-12(9)16(19)20-8-14(18)15-10(2)17-13-6-4-3-5-11(13)15/h3-6,9,12,17H,7-8H2,1-2H3/t9-,12+/m0/s1. The van der Waals surface area contributed by atoms with Crippen LogP contribution in [0.15, 0.2) is 24.3 Å². The maximum absolute atomic E-state index is 12.3. The number of para-hydroxylation sites is 1. The Hall–Kier alpha value is -2.10. The second-order valence-electron chi connectivity index (χ2n) is 5.52. The van der Waals surface area contributed by atoms with Crippen molar-refractivity contribution in [2.24, 2.45) is 11.8 Å². The van der Waals surface area contributed by atoms with Gasteiger partial charge in [-0.05, 0) is 25.3 Å². The molecule has 0 bridgehead atoms. The smallest absolute Gasteiger partial charge is 0.309 e. The number of aryl methyl sites for hydroxylation is 1. The van der Waals surface area contributed by atoms with Crippen LogP contribution in [-0.2, 0) is 9.53 Å². The van der Waals surface area contributed by atoms with Crippen molar-refractivity contribution in [2.75, 3.05) is 6.61 Å². The average Bonchev–Trinajstić information content (AvgIpc) is 3.05. The molecule has 1 aromatic heterocycles. The SMILES string of the molecule is Cc1[nH]c2ccccc2c1C(=O)COC(=O)[C@@H]1C[C@@H]1C. The number of aromatic amines is 1. The number of Topliss-reactive ketones (excluding diaryl/α,β-unsaturated/α-hetero) is 1. The Bertz CT molecular complexity index is 686. The molecule has 0 amide bonds. The number of ether oxygens (including phenoxy) is 1. The molecule has 1 N–H and O–H groups in total. The molecule has 0 saturated heterocycles. The van der Waals surface area contributed by atoms with Crippen molar-refractivity contribution in [3.63, 3.8) is 0 Å². The lowest BCUT2D eigenvalue weighted by Crippen LogP contribution is -2.16. The van der Waals surface area contributed by atoms with Gasteiger partial charge in [-0.1, -0.05) is 25.1 Å². The summed E-state index contributed by atoms with van der Waals surface area (Å²) < 4.78 is 5.12. The molecule has 0 radical (unpaired) electrons. The first-order chi connectivity index (χ1) is 9.58. The van der Waals surface area contributed by atoms with Crippen molar-refractivity contribution in [1.82, 2.24) is 4.98 Å². The van der Waals surface area contributed by atoms with Gasteiger partial charge in [0.15, 0.2) is 6.61 Å². The van der Waals surface area contributed by atoms with E-state index in [1.165, 1.54) is 0 Å². The molecule has 0 spiro atoms. The minimum absolute atomic E-state index is 0.00753. The molecule has 1 aliphatic carbocycles. The van der Waals surface area contributed by atoms with Crippen molar-refractivity contribution in [1.29, 1.82) is 0 Å². The Balaban J connectivity index is 1.75. The number of fused-ring (bicyclic) bond motifs is 1. The molecule has 1 aliphatic rings. The highest BCUT2D eigenvalue weighted by molar-refractivity contribution is 6.10. The van der Waals surface area contributed by atoms with Gasteiger partial charge in [-0.3, -0.25) is 9.59 Å². The molecule has 20 heavy (non-hydrogen) atoms. The van der Waals surface area contributed by atoms with E-state index in [1.807, 2.05) is 38.1 Å². The van der Waals surface area contributed by atoms with Crippen LogP contribution in [0.4, 0.5) is 0 Å². The van der Waals surface area contributed by atoms with Gasteiger partial charge in [-0.15, -0.1) is 0 Å². The van der Waals surface area contributed by atoms with Gasteiger partial charge in [-0.25, -0.2) is 0 Å². The van der Waals surface area contributed by atoms with Gasteiger partial charge < -0.3 is 9.72 Å². The zero-order valence-electron chi connectivity index (χ0n) is 11.6. The molecule has 4 heteroatoms. The first-order valence-corrected chi connectivity index (χ1v) is 6.85. The molecule has 2 aromatic rings. The number of ketones is 1. The van der Waals surface area contributed by atoms with Crippen molar-refractivity contribution < 1.29 is 14.3 Å². The van der Waals surface area contributed by atoms with Crippen LogP contribution < -0.4 is 0 Å². The highest BCUT2D eigenvalue weighted by atomic mass is 16.5. The Kier molecular flexibility index (Phi) is 3.08. The minimum Gasteiger partial charge on any atom is -0.457 e. The molecular weight excluding hydrogens is 254 g/mol. The molecule has 104 valence electrons. The van der Waals surface area contributed by atoms with Crippen molar-refractivity contribution in [3.05, 3.63) is 35.5 Å². The molecule has 2 atom stereocenters. The average molecular weight is 271 g/mol. The number of rotatable bonds is 4. The van der Waals surface area contributed by atoms with E-state index in [9.17, 15) is 9.59 Å². The fraction of sp³-hybridized carbons (Fsp3) is 0.375. The van der Waals surface area contributed by atoms with E-state index in [2.05, 4.69) is 4.98 Å². The Labute approximate surface area is 117 Å². The summed E-state index contributed by atoms with van der Waals surface area (Å²) in [6.45, 7) is 3.69. The summed E-state index contributed by atoms with van der Waals surface area (Å²) in [4.78, 5) is 27.1. The largest absolute Gasteiger partial charge is 0.457 e. The number of H-pyrrole nitrogens is 1. The third-order valence-electron chi connectivity index (χ3n) is 3.93. The molecular formula is C16H17NO3. The van der Waals surface area contributed by atoms with Crippen LogP contribution in [0.2, 0.25) is 0 Å². The molecule has 1 saturated carbocycles. The van der Waals surface area contributed by atoms with Crippen LogP contribution in [0.1, 0.15) is 29.4 Å². The van der Waals surface area contributed by atoms with Gasteiger partial charge in [-0.2, -0.15) is 0 Å². The van der Waals surface area contributed by atoms with Crippen molar-refractivity contribution in [3.8, 4) is 0 Å². The monoisotopic (exact) mass is 271 g/mol. The third kappa shape index (κ3) is 2.22. The van der Waals surface area contributed by atoms with Gasteiger partial charge in [0.05, 0.1) is 5.92 Å². The number of esters is 1. The van der Waals surface area contributed by atoms with Gasteiger partial charge in [0.1, 0.15) is 0 Å². The number of hydrogen-bond acceptors (Lipinski definition) is 3. The van der Waals surface area contributed by atoms with E-state index in [0.717, 1.165) is 23.0 Å². The van der Waals surface area contributed by atoms with E-state index >= 15 is 0 Å². The van der Waals surface area contributed by atoms with Gasteiger partial charge in [0.25, 0.3) is 0 Å². The lowest BCUT2D eigenvalue weighted by Gasteiger charge is -2.04. The summed E-state index contributed by atoms with van der Waals surface area (Å²) >= 11 is 0. The summed E-state index contributed by atoms with van der Waals surface area (Å²) in [6, 6.07) is 7.64. The quantitative estimate of drug-likeness (QED) is 0.687. The number of carbonyl (C=O) groups excluding carboxylic acids is 2. The summed E-state index contributed by atoms with van der Waals surface area (Å²) in [5.41, 5.74) is 2.36. The molecule has 4 nitrogen and oxygen atoms in total. The zero-order chi connectivity index (χ0) is 14.3. The lowest BCUT2D eigenvalue weighted by atomic mass is 10.1. The molecule has 3 rings (SSSR count). The fourth-order valence-electron chi connectivity index (χ4n) is 2.60. The number of nitrogens with one attached hydrogen (secondary N) is 1. The van der Waals surface area contributed by atoms with Crippen LogP contribution in [0.3, 0.4) is 0 Å². The second kappa shape index (κ2) is 4.78. The van der Waals surface area contributed by atoms with E-state index in [4.69, 9.17) is 4.74 Å². The lowest BCUT2D eigenvalue weighted by molar-refractivity contribution is -0.144. The normalized spacial score (nSPS) is 20.9. The van der Waals surface area contributed by atoms with Crippen LogP contribution in [0.25, 0.3) is 10.9 Å². The van der Waals surface area contributed by atoms with E-state index in [1.54, 1.807) is 0 Å². The van der Waals surface area contributed by atoms with Crippen molar-refractivity contribution >= 4 is 22.7 Å². The number of hydrogen-bond donors (Lipinski definition) is 1. The number of aromatic nitrogens is 1. The highest BCUT2D eigenvalue weighted by Crippen LogP contribution is 2.38. The maximum Gasteiger partial charge on any atom is 0.309 e. The Morgan fingerprint density at radius 3 is 2.75 bits per heavy atom. The molecule has 0 aliphatic heterocycles. The van der Waals surface area contributed by atoms with Crippen LogP contribution >= 0.6 is 0 Å².